The molecule has 0 saturated carbocycles. The molecule has 4 rings (SSSR count). The molecular formula is C23H20N4O4S2. The summed E-state index contributed by atoms with van der Waals surface area (Å²) in [6.45, 7) is 4.30. The van der Waals surface area contributed by atoms with E-state index in [0.717, 1.165) is 27.4 Å². The van der Waals surface area contributed by atoms with Crippen molar-refractivity contribution in [3.63, 3.8) is 0 Å². The summed E-state index contributed by atoms with van der Waals surface area (Å²) < 4.78 is 0. The summed E-state index contributed by atoms with van der Waals surface area (Å²) in [6.07, 6.45) is 1.47. The van der Waals surface area contributed by atoms with Crippen LogP contribution in [0, 0.1) is 10.1 Å². The smallest absolute Gasteiger partial charge is 0.271 e. The van der Waals surface area contributed by atoms with Crippen LogP contribution in [-0.2, 0) is 4.79 Å². The van der Waals surface area contributed by atoms with Crippen LogP contribution in [0.1, 0.15) is 25.3 Å². The molecule has 4 aromatic rings. The van der Waals surface area contributed by atoms with Gasteiger partial charge in [-0.3, -0.25) is 14.9 Å². The Morgan fingerprint density at radius 1 is 1.21 bits per heavy atom. The number of nitro benzene ring substituents is 1. The fourth-order valence-electron chi connectivity index (χ4n) is 3.28. The average Bonchev–Trinajstić information content (AvgIpc) is 3.24. The number of carbonyl (C=O) groups is 1. The predicted octanol–water partition coefficient (Wildman–Crippen LogP) is 5.83. The SMILES string of the molecule is CC(C)c1ccc(-c2csc3ncnc(SCC(=O)Nc4cc([N+](=O)[O-])ccc4O)c23)cc1. The van der Waals surface area contributed by atoms with Gasteiger partial charge >= 0.3 is 0 Å². The molecule has 33 heavy (non-hydrogen) atoms. The van der Waals surface area contributed by atoms with E-state index in [1.165, 1.54) is 47.1 Å². The van der Waals surface area contributed by atoms with Gasteiger partial charge in [-0.05, 0) is 23.1 Å². The Balaban J connectivity index is 1.55. The number of nitro groups is 1. The normalized spacial score (nSPS) is 11.1. The number of anilines is 1. The summed E-state index contributed by atoms with van der Waals surface area (Å²) in [7, 11) is 0. The number of phenolic OH excluding ortho intramolecular Hbond substituents is 1. The second-order valence-corrected chi connectivity index (χ2v) is 9.40. The first-order chi connectivity index (χ1) is 15.8. The maximum Gasteiger partial charge on any atom is 0.271 e. The number of phenols is 1. The third-order valence-electron chi connectivity index (χ3n) is 5.03. The van der Waals surface area contributed by atoms with Crippen LogP contribution in [0.3, 0.4) is 0 Å². The summed E-state index contributed by atoms with van der Waals surface area (Å²) in [5.74, 6) is -0.207. The van der Waals surface area contributed by atoms with E-state index in [0.29, 0.717) is 10.9 Å². The summed E-state index contributed by atoms with van der Waals surface area (Å²) in [6, 6.07) is 11.9. The molecular weight excluding hydrogens is 460 g/mol. The van der Waals surface area contributed by atoms with Crippen molar-refractivity contribution in [2.75, 3.05) is 11.1 Å². The van der Waals surface area contributed by atoms with E-state index < -0.39 is 10.8 Å². The molecule has 0 atom stereocenters. The van der Waals surface area contributed by atoms with E-state index in [-0.39, 0.29) is 22.9 Å². The zero-order valence-electron chi connectivity index (χ0n) is 17.8. The molecule has 0 saturated heterocycles. The zero-order valence-corrected chi connectivity index (χ0v) is 19.4. The molecule has 0 bridgehead atoms. The molecule has 1 amide bonds. The Morgan fingerprint density at radius 3 is 2.67 bits per heavy atom. The van der Waals surface area contributed by atoms with Crippen molar-refractivity contribution >= 4 is 50.6 Å². The predicted molar refractivity (Wildman–Crippen MR) is 131 cm³/mol. The van der Waals surface area contributed by atoms with Crippen LogP contribution in [0.15, 0.2) is 59.2 Å². The lowest BCUT2D eigenvalue weighted by molar-refractivity contribution is -0.384. The van der Waals surface area contributed by atoms with Crippen molar-refractivity contribution in [2.24, 2.45) is 0 Å². The fraction of sp³-hybridized carbons (Fsp3) is 0.174. The zero-order chi connectivity index (χ0) is 23.5. The van der Waals surface area contributed by atoms with Crippen LogP contribution in [0.4, 0.5) is 11.4 Å². The maximum atomic E-state index is 12.5. The Bertz CT molecular complexity index is 1340. The standard InChI is InChI=1S/C23H20N4O4S2/c1-13(2)14-3-5-15(6-4-14)17-10-32-22-21(17)23(25-12-24-22)33-11-20(29)26-18-9-16(27(30)31)7-8-19(18)28/h3-10,12-13,28H,11H2,1-2H3,(H,26,29). The number of rotatable bonds is 7. The summed E-state index contributed by atoms with van der Waals surface area (Å²) in [5.41, 5.74) is 3.08. The van der Waals surface area contributed by atoms with Gasteiger partial charge < -0.3 is 10.4 Å². The number of aromatic hydroxyl groups is 1. The quantitative estimate of drug-likeness (QED) is 0.112. The minimum atomic E-state index is -0.590. The van der Waals surface area contributed by atoms with E-state index in [9.17, 15) is 20.0 Å². The number of fused-ring (bicyclic) bond motifs is 1. The van der Waals surface area contributed by atoms with Gasteiger partial charge in [-0.25, -0.2) is 9.97 Å². The van der Waals surface area contributed by atoms with Gasteiger partial charge in [0.1, 0.15) is 21.9 Å². The highest BCUT2D eigenvalue weighted by atomic mass is 32.2. The molecule has 10 heteroatoms. The Morgan fingerprint density at radius 2 is 1.97 bits per heavy atom. The lowest BCUT2D eigenvalue weighted by Gasteiger charge is -2.09. The van der Waals surface area contributed by atoms with Crippen molar-refractivity contribution in [2.45, 2.75) is 24.8 Å². The monoisotopic (exact) mass is 480 g/mol. The number of aromatic nitrogens is 2. The lowest BCUT2D eigenvalue weighted by atomic mass is 9.99. The van der Waals surface area contributed by atoms with Crippen LogP contribution in [-0.4, -0.2) is 31.7 Å². The number of non-ortho nitro benzene ring substituents is 1. The summed E-state index contributed by atoms with van der Waals surface area (Å²) in [5, 5.41) is 27.0. The minimum absolute atomic E-state index is 0.00974. The first-order valence-electron chi connectivity index (χ1n) is 10.1. The fourth-order valence-corrected chi connectivity index (χ4v) is 5.07. The lowest BCUT2D eigenvalue weighted by Crippen LogP contribution is -2.14. The van der Waals surface area contributed by atoms with Crippen LogP contribution < -0.4 is 5.32 Å². The summed E-state index contributed by atoms with van der Waals surface area (Å²) >= 11 is 2.76. The number of carbonyl (C=O) groups excluding carboxylic acids is 1. The van der Waals surface area contributed by atoms with E-state index in [1.807, 2.05) is 5.38 Å². The number of amides is 1. The third-order valence-corrected chi connectivity index (χ3v) is 6.90. The molecule has 0 spiro atoms. The number of hydrogen-bond donors (Lipinski definition) is 2. The number of thiophene rings is 1. The number of hydrogen-bond acceptors (Lipinski definition) is 8. The maximum absolute atomic E-state index is 12.5. The third kappa shape index (κ3) is 4.96. The molecule has 0 aliphatic heterocycles. The molecule has 0 unspecified atom stereocenters. The van der Waals surface area contributed by atoms with Crippen LogP contribution in [0.25, 0.3) is 21.3 Å². The highest BCUT2D eigenvalue weighted by Crippen LogP contribution is 2.38. The van der Waals surface area contributed by atoms with Gasteiger partial charge in [0.05, 0.1) is 21.7 Å². The van der Waals surface area contributed by atoms with E-state index in [2.05, 4.69) is 53.4 Å². The van der Waals surface area contributed by atoms with Crippen molar-refractivity contribution in [1.29, 1.82) is 0 Å². The molecule has 2 aromatic carbocycles. The molecule has 0 aliphatic rings. The molecule has 0 fully saturated rings. The van der Waals surface area contributed by atoms with Gasteiger partial charge in [-0.15, -0.1) is 11.3 Å². The van der Waals surface area contributed by atoms with Crippen LogP contribution in [0.2, 0.25) is 0 Å². The first kappa shape index (κ1) is 22.7. The molecule has 2 heterocycles. The summed E-state index contributed by atoms with van der Waals surface area (Å²) in [4.78, 5) is 32.4. The highest BCUT2D eigenvalue weighted by molar-refractivity contribution is 8.00. The Labute approximate surface area is 197 Å². The molecule has 168 valence electrons. The van der Waals surface area contributed by atoms with E-state index in [1.54, 1.807) is 0 Å². The van der Waals surface area contributed by atoms with Crippen molar-refractivity contribution in [1.82, 2.24) is 9.97 Å². The van der Waals surface area contributed by atoms with Crippen molar-refractivity contribution in [3.8, 4) is 16.9 Å². The minimum Gasteiger partial charge on any atom is -0.506 e. The molecule has 8 nitrogen and oxygen atoms in total. The first-order valence-corrected chi connectivity index (χ1v) is 11.9. The largest absolute Gasteiger partial charge is 0.506 e. The van der Waals surface area contributed by atoms with Gasteiger partial charge in [-0.2, -0.15) is 0 Å². The van der Waals surface area contributed by atoms with Gasteiger partial charge in [0.15, 0.2) is 0 Å². The van der Waals surface area contributed by atoms with Gasteiger partial charge in [-0.1, -0.05) is 49.9 Å². The second kappa shape index (κ2) is 9.55. The number of benzene rings is 2. The molecule has 0 aliphatic carbocycles. The molecule has 0 radical (unpaired) electrons. The van der Waals surface area contributed by atoms with Gasteiger partial charge in [0.2, 0.25) is 5.91 Å². The van der Waals surface area contributed by atoms with Gasteiger partial charge in [0.25, 0.3) is 5.69 Å². The number of nitrogens with zero attached hydrogens (tertiary/aromatic N) is 3. The van der Waals surface area contributed by atoms with Crippen molar-refractivity contribution < 1.29 is 14.8 Å². The number of nitrogens with one attached hydrogen (secondary N) is 1. The van der Waals surface area contributed by atoms with Crippen LogP contribution >= 0.6 is 23.1 Å². The average molecular weight is 481 g/mol. The molecule has 2 aromatic heterocycles. The highest BCUT2D eigenvalue weighted by Gasteiger charge is 2.17. The Hall–Kier alpha value is -3.50. The van der Waals surface area contributed by atoms with E-state index >= 15 is 0 Å². The van der Waals surface area contributed by atoms with Crippen LogP contribution in [0.5, 0.6) is 5.75 Å². The number of thioether (sulfide) groups is 1. The molecule has 2 N–H and O–H groups in total. The topological polar surface area (TPSA) is 118 Å². The second-order valence-electron chi connectivity index (χ2n) is 7.58. The van der Waals surface area contributed by atoms with Gasteiger partial charge in [0, 0.05) is 23.1 Å². The van der Waals surface area contributed by atoms with E-state index in [4.69, 9.17) is 0 Å². The van der Waals surface area contributed by atoms with Crippen molar-refractivity contribution in [3.05, 3.63) is 69.8 Å². The Kier molecular flexibility index (Phi) is 6.57.